The van der Waals surface area contributed by atoms with Crippen molar-refractivity contribution in [3.63, 3.8) is 0 Å². The lowest BCUT2D eigenvalue weighted by atomic mass is 9.74. The monoisotopic (exact) mass is 418 g/mol. The molecule has 1 N–H and O–H groups in total. The van der Waals surface area contributed by atoms with E-state index in [1.807, 2.05) is 6.07 Å². The third-order valence-corrected chi connectivity index (χ3v) is 6.92. The standard InChI is InChI=1S/C16H16Cl2N4OS.ClH/c17-10-5-11(18)14-12(6-10)19-15(24-14)20-13-7-16(23-21-13)8-22-3-1-9(16)2-4-22;/h5-6,9H,1-4,7-8H2,(H,19,20,21);1H/t16-;/m0./s1. The molecule has 4 saturated heterocycles. The number of thiazole rings is 1. The van der Waals surface area contributed by atoms with Crippen LogP contribution in [0.2, 0.25) is 10.0 Å². The van der Waals surface area contributed by atoms with Crippen molar-refractivity contribution in [1.29, 1.82) is 0 Å². The number of aliphatic imine (C=N–C) groups is 1. The fourth-order valence-corrected chi connectivity index (χ4v) is 5.58. The molecule has 9 heteroatoms. The summed E-state index contributed by atoms with van der Waals surface area (Å²) in [6.45, 7) is 3.38. The van der Waals surface area contributed by atoms with Gasteiger partial charge in [0.05, 0.1) is 15.2 Å². The first-order chi connectivity index (χ1) is 11.6. The second kappa shape index (κ2) is 6.51. The Hall–Kier alpha value is -0.630. The van der Waals surface area contributed by atoms with Crippen LogP contribution >= 0.6 is 46.9 Å². The molecule has 4 aliphatic heterocycles. The predicted molar refractivity (Wildman–Crippen MR) is 105 cm³/mol. The summed E-state index contributed by atoms with van der Waals surface area (Å²) in [6.07, 6.45) is 3.24. The highest BCUT2D eigenvalue weighted by atomic mass is 35.5. The van der Waals surface area contributed by atoms with Crippen molar-refractivity contribution in [3.05, 3.63) is 22.2 Å². The summed E-state index contributed by atoms with van der Waals surface area (Å²) in [5, 5.41) is 1.88. The zero-order valence-electron chi connectivity index (χ0n) is 13.3. The molecule has 1 atom stereocenters. The van der Waals surface area contributed by atoms with Crippen molar-refractivity contribution in [3.8, 4) is 0 Å². The number of amidine groups is 1. The van der Waals surface area contributed by atoms with Gasteiger partial charge in [0.25, 0.3) is 0 Å². The Labute approximate surface area is 165 Å². The quantitative estimate of drug-likeness (QED) is 0.742. The van der Waals surface area contributed by atoms with Crippen LogP contribution in [-0.4, -0.2) is 41.0 Å². The van der Waals surface area contributed by atoms with Crippen LogP contribution in [0.25, 0.3) is 10.2 Å². The smallest absolute Gasteiger partial charge is 0.212 e. The molecule has 4 fully saturated rings. The van der Waals surface area contributed by atoms with E-state index in [-0.39, 0.29) is 18.0 Å². The second-order valence-corrected chi connectivity index (χ2v) is 8.61. The number of nitrogens with one attached hydrogen (secondary N) is 1. The number of benzene rings is 1. The minimum absolute atomic E-state index is 0. The molecule has 2 bridgehead atoms. The molecule has 1 aromatic carbocycles. The average Bonchev–Trinajstić information content (AvgIpc) is 3.13. The minimum atomic E-state index is -0.118. The average molecular weight is 420 g/mol. The van der Waals surface area contributed by atoms with Gasteiger partial charge >= 0.3 is 0 Å². The van der Waals surface area contributed by atoms with E-state index in [2.05, 4.69) is 20.4 Å². The van der Waals surface area contributed by atoms with Crippen LogP contribution in [0.15, 0.2) is 17.1 Å². The number of fused-ring (bicyclic) bond motifs is 3. The Kier molecular flexibility index (Phi) is 4.63. The second-order valence-electron chi connectivity index (χ2n) is 6.79. The van der Waals surface area contributed by atoms with Crippen LogP contribution in [0.3, 0.4) is 0 Å². The first-order valence-corrected chi connectivity index (χ1v) is 9.68. The summed E-state index contributed by atoms with van der Waals surface area (Å²) in [6, 6.07) is 3.55. The van der Waals surface area contributed by atoms with Crippen molar-refractivity contribution in [2.24, 2.45) is 10.9 Å². The van der Waals surface area contributed by atoms with E-state index in [4.69, 9.17) is 28.0 Å². The van der Waals surface area contributed by atoms with Crippen molar-refractivity contribution in [2.45, 2.75) is 24.9 Å². The molecule has 0 amide bonds. The van der Waals surface area contributed by atoms with E-state index < -0.39 is 0 Å². The van der Waals surface area contributed by atoms with Crippen molar-refractivity contribution in [2.75, 3.05) is 19.6 Å². The number of hydrogen-bond acceptors (Lipinski definition) is 5. The number of hydrogen-bond donors (Lipinski definition) is 1. The van der Waals surface area contributed by atoms with E-state index in [0.29, 0.717) is 21.1 Å². The third-order valence-electron chi connectivity index (χ3n) is 5.29. The van der Waals surface area contributed by atoms with Crippen molar-refractivity contribution >= 4 is 68.1 Å². The van der Waals surface area contributed by atoms with Gasteiger partial charge in [-0.25, -0.2) is 9.98 Å². The number of nitrogens with zero attached hydrogens (tertiary/aromatic N) is 3. The lowest BCUT2D eigenvalue weighted by molar-refractivity contribution is -0.150. The number of aromatic nitrogens is 1. The fraction of sp³-hybridized carbons (Fsp3) is 0.500. The molecule has 5 nitrogen and oxygen atoms in total. The van der Waals surface area contributed by atoms with Crippen LogP contribution in [0.1, 0.15) is 19.3 Å². The maximum atomic E-state index is 6.24. The predicted octanol–water partition coefficient (Wildman–Crippen LogP) is 4.44. The molecule has 25 heavy (non-hydrogen) atoms. The summed E-state index contributed by atoms with van der Waals surface area (Å²) in [4.78, 5) is 17.7. The lowest BCUT2D eigenvalue weighted by Gasteiger charge is -2.49. The Morgan fingerprint density at radius 2 is 2.12 bits per heavy atom. The van der Waals surface area contributed by atoms with Gasteiger partial charge in [-0.2, -0.15) is 0 Å². The summed E-state index contributed by atoms with van der Waals surface area (Å²) in [5.74, 6) is 1.47. The summed E-state index contributed by atoms with van der Waals surface area (Å²) in [7, 11) is 0. The van der Waals surface area contributed by atoms with E-state index in [1.54, 1.807) is 6.07 Å². The Morgan fingerprint density at radius 3 is 2.84 bits per heavy atom. The third kappa shape index (κ3) is 3.03. The summed E-state index contributed by atoms with van der Waals surface area (Å²) < 4.78 is 0.914. The van der Waals surface area contributed by atoms with Crippen molar-refractivity contribution < 1.29 is 4.84 Å². The molecule has 5 heterocycles. The number of rotatable bonds is 1. The zero-order valence-corrected chi connectivity index (χ0v) is 16.4. The summed E-state index contributed by atoms with van der Waals surface area (Å²) >= 11 is 13.8. The van der Waals surface area contributed by atoms with E-state index in [1.165, 1.54) is 37.3 Å². The maximum Gasteiger partial charge on any atom is 0.212 e. The summed E-state index contributed by atoms with van der Waals surface area (Å²) in [5.41, 5.74) is 3.72. The van der Waals surface area contributed by atoms with Crippen LogP contribution in [0.4, 0.5) is 5.13 Å². The maximum absolute atomic E-state index is 6.24. The van der Waals surface area contributed by atoms with Crippen LogP contribution < -0.4 is 5.48 Å². The van der Waals surface area contributed by atoms with Gasteiger partial charge in [-0.05, 0) is 44.0 Å². The van der Waals surface area contributed by atoms with Gasteiger partial charge < -0.3 is 4.90 Å². The normalized spacial score (nSPS) is 32.3. The Bertz CT molecular complexity index is 849. The molecular weight excluding hydrogens is 403 g/mol. The van der Waals surface area contributed by atoms with E-state index >= 15 is 0 Å². The van der Waals surface area contributed by atoms with Crippen LogP contribution in [0, 0.1) is 5.92 Å². The largest absolute Gasteiger partial charge is 0.300 e. The highest BCUT2D eigenvalue weighted by Crippen LogP contribution is 2.43. The van der Waals surface area contributed by atoms with Crippen LogP contribution in [-0.2, 0) is 4.84 Å². The van der Waals surface area contributed by atoms with Gasteiger partial charge in [-0.1, -0.05) is 34.5 Å². The first-order valence-electron chi connectivity index (χ1n) is 8.11. The molecule has 6 rings (SSSR count). The molecule has 0 aliphatic carbocycles. The molecule has 1 aromatic heterocycles. The lowest BCUT2D eigenvalue weighted by Crippen LogP contribution is -2.59. The van der Waals surface area contributed by atoms with Gasteiger partial charge in [0, 0.05) is 18.0 Å². The molecule has 4 aliphatic rings. The first kappa shape index (κ1) is 17.8. The zero-order chi connectivity index (χ0) is 16.3. The molecule has 134 valence electrons. The molecule has 0 saturated carbocycles. The van der Waals surface area contributed by atoms with E-state index in [9.17, 15) is 0 Å². The number of halogens is 3. The van der Waals surface area contributed by atoms with Gasteiger partial charge in [-0.3, -0.25) is 10.3 Å². The van der Waals surface area contributed by atoms with Gasteiger partial charge in [-0.15, -0.1) is 12.4 Å². The number of piperidine rings is 3. The van der Waals surface area contributed by atoms with Gasteiger partial charge in [0.1, 0.15) is 11.4 Å². The Balaban J connectivity index is 0.00000157. The fourth-order valence-electron chi connectivity index (χ4n) is 4.13. The molecule has 2 aromatic rings. The molecular formula is C16H17Cl3N4OS. The van der Waals surface area contributed by atoms with E-state index in [0.717, 1.165) is 29.0 Å². The van der Waals surface area contributed by atoms with Crippen molar-refractivity contribution in [1.82, 2.24) is 15.4 Å². The number of hydroxylamine groups is 1. The topological polar surface area (TPSA) is 49.8 Å². The SMILES string of the molecule is Cl.Clc1cc(Cl)c2sc(/N=C3/C[C@@]4(CN5CCC4CC5)ON3)nc2c1. The van der Waals surface area contributed by atoms with Gasteiger partial charge in [0.15, 0.2) is 0 Å². The molecule has 1 spiro atoms. The highest BCUT2D eigenvalue weighted by molar-refractivity contribution is 7.22. The Morgan fingerprint density at radius 1 is 1.32 bits per heavy atom. The highest BCUT2D eigenvalue weighted by Gasteiger charge is 2.52. The van der Waals surface area contributed by atoms with Crippen LogP contribution in [0.5, 0.6) is 0 Å². The van der Waals surface area contributed by atoms with Gasteiger partial charge in [0.2, 0.25) is 5.13 Å². The minimum Gasteiger partial charge on any atom is -0.300 e. The molecule has 0 unspecified atom stereocenters. The molecule has 0 radical (unpaired) electrons.